The van der Waals surface area contributed by atoms with Crippen LogP contribution in [0.15, 0.2) is 6.20 Å². The van der Waals surface area contributed by atoms with Crippen molar-refractivity contribution in [1.82, 2.24) is 9.78 Å². The topological polar surface area (TPSA) is 17.8 Å². The summed E-state index contributed by atoms with van der Waals surface area (Å²) in [5, 5.41) is 4.02. The molecule has 0 aliphatic heterocycles. The zero-order valence-corrected chi connectivity index (χ0v) is 7.35. The molecule has 1 rings (SSSR count). The summed E-state index contributed by atoms with van der Waals surface area (Å²) in [6.45, 7) is 5.83. The summed E-state index contributed by atoms with van der Waals surface area (Å²) in [5.41, 5.74) is 0.325. The molecule has 2 nitrogen and oxygen atoms in total. The van der Waals surface area contributed by atoms with E-state index in [4.69, 9.17) is 0 Å². The van der Waals surface area contributed by atoms with E-state index >= 15 is 0 Å². The van der Waals surface area contributed by atoms with Crippen LogP contribution in [0.5, 0.6) is 0 Å². The summed E-state index contributed by atoms with van der Waals surface area (Å²) in [6, 6.07) is 0. The molecule has 0 saturated heterocycles. The molecule has 0 fully saturated rings. The largest absolute Gasteiger partial charge is 0.272 e. The molecule has 0 amide bonds. The Morgan fingerprint density at radius 3 is 2.18 bits per heavy atom. The third-order valence-electron chi connectivity index (χ3n) is 1.49. The molecule has 0 aliphatic carbocycles. The molecule has 1 aromatic rings. The molecule has 0 unspecified atom stereocenters. The zero-order valence-electron chi connectivity index (χ0n) is 7.35. The van der Waals surface area contributed by atoms with Gasteiger partial charge in [-0.15, -0.1) is 0 Å². The van der Waals surface area contributed by atoms with Crippen molar-refractivity contribution in [2.45, 2.75) is 26.2 Å². The van der Waals surface area contributed by atoms with Gasteiger partial charge in [0.2, 0.25) is 0 Å². The lowest BCUT2D eigenvalue weighted by Crippen LogP contribution is -2.14. The number of hydrogen-bond donors (Lipinski definition) is 0. The first-order valence-electron chi connectivity index (χ1n) is 3.61. The van der Waals surface area contributed by atoms with E-state index < -0.39 is 0 Å². The fraction of sp³-hybridized carbons (Fsp3) is 0.625. The van der Waals surface area contributed by atoms with Crippen LogP contribution in [0.3, 0.4) is 0 Å². The van der Waals surface area contributed by atoms with Crippen LogP contribution >= 0.6 is 0 Å². The first-order valence-corrected chi connectivity index (χ1v) is 3.61. The second-order valence-electron chi connectivity index (χ2n) is 3.75. The third-order valence-corrected chi connectivity index (χ3v) is 1.49. The Labute approximate surface area is 66.0 Å². The molecule has 0 atom stereocenters. The average Bonchev–Trinajstić information content (AvgIpc) is 2.08. The molecule has 0 bridgehead atoms. The molecule has 62 valence electrons. The van der Waals surface area contributed by atoms with Crippen LogP contribution < -0.4 is 0 Å². The average molecular weight is 156 g/mol. The van der Waals surface area contributed by atoms with Crippen molar-refractivity contribution in [3.05, 3.63) is 17.7 Å². The van der Waals surface area contributed by atoms with Crippen molar-refractivity contribution in [2.24, 2.45) is 7.05 Å². The monoisotopic (exact) mass is 156 g/mol. The highest BCUT2D eigenvalue weighted by Crippen LogP contribution is 2.22. The Bertz CT molecular complexity index is 258. The van der Waals surface area contributed by atoms with Gasteiger partial charge in [0.15, 0.2) is 5.82 Å². The van der Waals surface area contributed by atoms with E-state index in [-0.39, 0.29) is 11.2 Å². The van der Waals surface area contributed by atoms with E-state index in [1.807, 2.05) is 20.8 Å². The third kappa shape index (κ3) is 1.59. The fourth-order valence-electron chi connectivity index (χ4n) is 0.968. The Morgan fingerprint density at radius 2 is 2.00 bits per heavy atom. The minimum Gasteiger partial charge on any atom is -0.272 e. The lowest BCUT2D eigenvalue weighted by molar-refractivity contribution is 0.508. The van der Waals surface area contributed by atoms with Crippen LogP contribution in [-0.4, -0.2) is 9.78 Å². The van der Waals surface area contributed by atoms with Gasteiger partial charge >= 0.3 is 0 Å². The molecule has 1 heterocycles. The maximum atomic E-state index is 13.0. The maximum Gasteiger partial charge on any atom is 0.164 e. The van der Waals surface area contributed by atoms with Crippen molar-refractivity contribution >= 4 is 0 Å². The first-order chi connectivity index (χ1) is 4.91. The number of aryl methyl sites for hydroxylation is 1. The number of rotatable bonds is 0. The van der Waals surface area contributed by atoms with Gasteiger partial charge in [0.05, 0.1) is 6.20 Å². The van der Waals surface area contributed by atoms with Crippen molar-refractivity contribution < 1.29 is 4.39 Å². The van der Waals surface area contributed by atoms with Crippen LogP contribution in [0.1, 0.15) is 26.5 Å². The number of halogens is 1. The SMILES string of the molecule is Cn1cc(F)c(C(C)(C)C)n1. The van der Waals surface area contributed by atoms with Gasteiger partial charge in [0, 0.05) is 12.5 Å². The fourth-order valence-corrected chi connectivity index (χ4v) is 0.968. The van der Waals surface area contributed by atoms with E-state index in [1.165, 1.54) is 10.9 Å². The van der Waals surface area contributed by atoms with E-state index in [0.29, 0.717) is 5.69 Å². The van der Waals surface area contributed by atoms with Crippen LogP contribution in [0.2, 0.25) is 0 Å². The lowest BCUT2D eigenvalue weighted by Gasteiger charge is -2.14. The van der Waals surface area contributed by atoms with Gasteiger partial charge in [-0.25, -0.2) is 4.39 Å². The van der Waals surface area contributed by atoms with Crippen LogP contribution in [0.25, 0.3) is 0 Å². The van der Waals surface area contributed by atoms with Crippen LogP contribution in [0.4, 0.5) is 4.39 Å². The number of aromatic nitrogens is 2. The molecule has 0 saturated carbocycles. The predicted octanol–water partition coefficient (Wildman–Crippen LogP) is 1.86. The van der Waals surface area contributed by atoms with Crippen molar-refractivity contribution in [3.63, 3.8) is 0 Å². The van der Waals surface area contributed by atoms with E-state index in [0.717, 1.165) is 0 Å². The molecule has 0 aromatic carbocycles. The van der Waals surface area contributed by atoms with Crippen molar-refractivity contribution in [1.29, 1.82) is 0 Å². The predicted molar refractivity (Wildman–Crippen MR) is 41.9 cm³/mol. The summed E-state index contributed by atoms with van der Waals surface area (Å²) in [5.74, 6) is -0.222. The highest BCUT2D eigenvalue weighted by molar-refractivity contribution is 5.12. The number of nitrogens with zero attached hydrogens (tertiary/aromatic N) is 2. The minimum atomic E-state index is -0.222. The van der Waals surface area contributed by atoms with Gasteiger partial charge in [-0.05, 0) is 0 Å². The van der Waals surface area contributed by atoms with E-state index in [9.17, 15) is 4.39 Å². The molecule has 11 heavy (non-hydrogen) atoms. The molecule has 0 aliphatic rings. The smallest absolute Gasteiger partial charge is 0.164 e. The number of hydrogen-bond acceptors (Lipinski definition) is 1. The molecule has 3 heteroatoms. The van der Waals surface area contributed by atoms with Gasteiger partial charge < -0.3 is 0 Å². The Hall–Kier alpha value is -0.860. The van der Waals surface area contributed by atoms with Gasteiger partial charge in [-0.3, -0.25) is 4.68 Å². The van der Waals surface area contributed by atoms with Gasteiger partial charge in [0.25, 0.3) is 0 Å². The van der Waals surface area contributed by atoms with Gasteiger partial charge in [-0.2, -0.15) is 5.10 Å². The van der Waals surface area contributed by atoms with Crippen molar-refractivity contribution in [2.75, 3.05) is 0 Å². The quantitative estimate of drug-likeness (QED) is 0.560. The second-order valence-corrected chi connectivity index (χ2v) is 3.75. The normalized spacial score (nSPS) is 12.1. The van der Waals surface area contributed by atoms with Gasteiger partial charge in [0.1, 0.15) is 5.69 Å². The molecule has 0 N–H and O–H groups in total. The molecule has 1 aromatic heterocycles. The summed E-state index contributed by atoms with van der Waals surface area (Å²) in [7, 11) is 1.72. The van der Waals surface area contributed by atoms with E-state index in [1.54, 1.807) is 7.05 Å². The molecule has 0 spiro atoms. The summed E-state index contributed by atoms with van der Waals surface area (Å²) >= 11 is 0. The zero-order chi connectivity index (χ0) is 8.65. The minimum absolute atomic E-state index is 0.203. The van der Waals surface area contributed by atoms with Crippen molar-refractivity contribution in [3.8, 4) is 0 Å². The Kier molecular flexibility index (Phi) is 1.74. The van der Waals surface area contributed by atoms with Crippen LogP contribution in [-0.2, 0) is 12.5 Å². The Balaban J connectivity index is 3.13. The maximum absolute atomic E-state index is 13.0. The van der Waals surface area contributed by atoms with Crippen LogP contribution in [0, 0.1) is 5.82 Å². The highest BCUT2D eigenvalue weighted by Gasteiger charge is 2.21. The summed E-state index contributed by atoms with van der Waals surface area (Å²) < 4.78 is 14.5. The van der Waals surface area contributed by atoms with E-state index in [2.05, 4.69) is 5.10 Å². The molecule has 0 radical (unpaired) electrons. The molecular weight excluding hydrogens is 143 g/mol. The lowest BCUT2D eigenvalue weighted by atomic mass is 9.92. The Morgan fingerprint density at radius 1 is 1.45 bits per heavy atom. The highest BCUT2D eigenvalue weighted by atomic mass is 19.1. The second kappa shape index (κ2) is 2.32. The first kappa shape index (κ1) is 8.24. The standard InChI is InChI=1S/C8H13FN2/c1-8(2,3)7-6(9)5-11(4)10-7/h5H,1-4H3. The summed E-state index contributed by atoms with van der Waals surface area (Å²) in [4.78, 5) is 0. The summed E-state index contributed by atoms with van der Waals surface area (Å²) in [6.07, 6.45) is 1.39. The van der Waals surface area contributed by atoms with Gasteiger partial charge in [-0.1, -0.05) is 20.8 Å². The molecular formula is C8H13FN2.